The Morgan fingerprint density at radius 1 is 1.43 bits per heavy atom. The summed E-state index contributed by atoms with van der Waals surface area (Å²) in [6.45, 7) is 2.73. The van der Waals surface area contributed by atoms with Crippen LogP contribution in [-0.4, -0.2) is 26.5 Å². The van der Waals surface area contributed by atoms with Crippen LogP contribution in [0.3, 0.4) is 0 Å². The number of nitrogens with zero attached hydrogens (tertiary/aromatic N) is 3. The lowest BCUT2D eigenvalue weighted by Crippen LogP contribution is -2.36. The van der Waals surface area contributed by atoms with Crippen molar-refractivity contribution >= 4 is 11.6 Å². The van der Waals surface area contributed by atoms with Crippen LogP contribution in [0.5, 0.6) is 0 Å². The summed E-state index contributed by atoms with van der Waals surface area (Å²) in [5.41, 5.74) is 8.31. The largest absolute Gasteiger partial charge is 0.369 e. The minimum atomic E-state index is -0.155. The molecule has 0 spiro atoms. The van der Waals surface area contributed by atoms with Gasteiger partial charge in [-0.25, -0.2) is 9.50 Å². The molecule has 112 valence electrons. The van der Waals surface area contributed by atoms with Crippen molar-refractivity contribution < 1.29 is 4.79 Å². The number of aryl methyl sites for hydroxylation is 1. The highest BCUT2D eigenvalue weighted by Crippen LogP contribution is 2.24. The Bertz CT molecular complexity index is 643. The van der Waals surface area contributed by atoms with Gasteiger partial charge in [-0.3, -0.25) is 4.79 Å². The number of amides is 1. The summed E-state index contributed by atoms with van der Waals surface area (Å²) in [5, 5.41) is 7.91. The van der Waals surface area contributed by atoms with Crippen LogP contribution in [0.4, 0.5) is 0 Å². The Kier molecular flexibility index (Phi) is 3.88. The lowest BCUT2D eigenvalue weighted by molar-refractivity contribution is -0.122. The van der Waals surface area contributed by atoms with Crippen LogP contribution in [0.2, 0.25) is 0 Å². The zero-order chi connectivity index (χ0) is 14.8. The molecule has 0 aliphatic heterocycles. The first-order valence-electron chi connectivity index (χ1n) is 7.45. The van der Waals surface area contributed by atoms with Gasteiger partial charge in [0.25, 0.3) is 0 Å². The number of nitrogens with one attached hydrogen (secondary N) is 1. The van der Waals surface area contributed by atoms with Gasteiger partial charge < -0.3 is 11.1 Å². The van der Waals surface area contributed by atoms with E-state index in [-0.39, 0.29) is 11.8 Å². The lowest BCUT2D eigenvalue weighted by Gasteiger charge is -2.27. The quantitative estimate of drug-likeness (QED) is 0.884. The number of carbonyl (C=O) groups is 1. The van der Waals surface area contributed by atoms with E-state index < -0.39 is 0 Å². The number of rotatable bonds is 4. The van der Waals surface area contributed by atoms with Crippen molar-refractivity contribution in [1.82, 2.24) is 19.9 Å². The summed E-state index contributed by atoms with van der Waals surface area (Å²) >= 11 is 0. The van der Waals surface area contributed by atoms with Crippen LogP contribution in [0.25, 0.3) is 5.65 Å². The molecular weight excluding hydrogens is 266 g/mol. The molecule has 1 amide bonds. The third kappa shape index (κ3) is 3.21. The van der Waals surface area contributed by atoms with E-state index in [9.17, 15) is 4.79 Å². The number of fused-ring (bicyclic) bond motifs is 1. The van der Waals surface area contributed by atoms with Gasteiger partial charge in [-0.15, -0.1) is 0 Å². The third-order valence-electron chi connectivity index (χ3n) is 4.21. The molecule has 3 N–H and O–H groups in total. The van der Waals surface area contributed by atoms with Gasteiger partial charge in [0.1, 0.15) is 0 Å². The summed E-state index contributed by atoms with van der Waals surface area (Å²) in [5.74, 6) is -0.0923. The summed E-state index contributed by atoms with van der Waals surface area (Å²) in [6, 6.07) is 2.41. The highest BCUT2D eigenvalue weighted by atomic mass is 16.1. The van der Waals surface area contributed by atoms with E-state index >= 15 is 0 Å². The van der Waals surface area contributed by atoms with E-state index in [1.54, 1.807) is 0 Å². The van der Waals surface area contributed by atoms with Gasteiger partial charge in [0.15, 0.2) is 5.65 Å². The molecule has 0 saturated heterocycles. The minimum absolute atomic E-state index is 0.0631. The van der Waals surface area contributed by atoms with Crippen molar-refractivity contribution in [2.75, 3.05) is 0 Å². The Labute approximate surface area is 123 Å². The summed E-state index contributed by atoms with van der Waals surface area (Å²) in [6.07, 6.45) is 7.69. The predicted octanol–water partition coefficient (Wildman–Crippen LogP) is 1.17. The zero-order valence-corrected chi connectivity index (χ0v) is 12.2. The fourth-order valence-corrected chi connectivity index (χ4v) is 2.97. The summed E-state index contributed by atoms with van der Waals surface area (Å²) in [7, 11) is 0. The normalized spacial score (nSPS) is 22.5. The molecule has 0 unspecified atom stereocenters. The van der Waals surface area contributed by atoms with E-state index in [4.69, 9.17) is 5.73 Å². The molecule has 1 fully saturated rings. The molecule has 1 aliphatic carbocycles. The molecule has 0 bridgehead atoms. The smallest absolute Gasteiger partial charge is 0.220 e. The van der Waals surface area contributed by atoms with Crippen molar-refractivity contribution in [3.8, 4) is 0 Å². The van der Waals surface area contributed by atoms with E-state index in [0.29, 0.717) is 6.04 Å². The van der Waals surface area contributed by atoms with Gasteiger partial charge in [-0.05, 0) is 32.6 Å². The number of carbonyl (C=O) groups excluding carboxylic acids is 1. The second-order valence-electron chi connectivity index (χ2n) is 5.88. The van der Waals surface area contributed by atoms with Crippen LogP contribution in [0, 0.1) is 12.8 Å². The predicted molar refractivity (Wildman–Crippen MR) is 79.5 cm³/mol. The van der Waals surface area contributed by atoms with Crippen molar-refractivity contribution in [2.45, 2.75) is 45.2 Å². The van der Waals surface area contributed by atoms with Crippen LogP contribution >= 0.6 is 0 Å². The first kappa shape index (κ1) is 14.0. The summed E-state index contributed by atoms with van der Waals surface area (Å²) in [4.78, 5) is 15.6. The van der Waals surface area contributed by atoms with E-state index in [2.05, 4.69) is 15.4 Å². The molecule has 1 aliphatic rings. The van der Waals surface area contributed by atoms with Gasteiger partial charge >= 0.3 is 0 Å². The Hall–Kier alpha value is -1.95. The third-order valence-corrected chi connectivity index (χ3v) is 4.21. The second-order valence-corrected chi connectivity index (χ2v) is 5.88. The van der Waals surface area contributed by atoms with Crippen molar-refractivity contribution in [3.63, 3.8) is 0 Å². The van der Waals surface area contributed by atoms with Crippen molar-refractivity contribution in [3.05, 3.63) is 29.7 Å². The van der Waals surface area contributed by atoms with Gasteiger partial charge in [-0.1, -0.05) is 0 Å². The monoisotopic (exact) mass is 287 g/mol. The van der Waals surface area contributed by atoms with Crippen LogP contribution < -0.4 is 11.1 Å². The highest BCUT2D eigenvalue weighted by Gasteiger charge is 2.24. The number of primary amides is 1. The number of aromatic nitrogens is 3. The van der Waals surface area contributed by atoms with Crippen LogP contribution in [-0.2, 0) is 11.3 Å². The first-order valence-corrected chi connectivity index (χ1v) is 7.45. The molecule has 21 heavy (non-hydrogen) atoms. The Morgan fingerprint density at radius 2 is 2.19 bits per heavy atom. The maximum absolute atomic E-state index is 11.2. The molecule has 6 heteroatoms. The molecule has 1 saturated carbocycles. The fraction of sp³-hybridized carbons (Fsp3) is 0.533. The van der Waals surface area contributed by atoms with Crippen molar-refractivity contribution in [2.24, 2.45) is 11.7 Å². The van der Waals surface area contributed by atoms with Crippen LogP contribution in [0.15, 0.2) is 18.5 Å². The average molecular weight is 287 g/mol. The topological polar surface area (TPSA) is 85.3 Å². The number of hydrogen-bond acceptors (Lipinski definition) is 4. The van der Waals surface area contributed by atoms with Crippen molar-refractivity contribution in [1.29, 1.82) is 0 Å². The fourth-order valence-electron chi connectivity index (χ4n) is 2.97. The SMILES string of the molecule is Cc1cc2ncc(CNC3CCC(C(N)=O)CC3)cn2n1. The Morgan fingerprint density at radius 3 is 2.90 bits per heavy atom. The van der Waals surface area contributed by atoms with Gasteiger partial charge in [-0.2, -0.15) is 5.10 Å². The first-order chi connectivity index (χ1) is 10.1. The minimum Gasteiger partial charge on any atom is -0.369 e. The summed E-state index contributed by atoms with van der Waals surface area (Å²) < 4.78 is 1.82. The standard InChI is InChI=1S/C15H21N5O/c1-10-6-14-18-8-11(9-20(14)19-10)7-17-13-4-2-12(3-5-13)15(16)21/h6,8-9,12-13,17H,2-5,7H2,1H3,(H2,16,21). The molecule has 2 heterocycles. The van der Waals surface area contributed by atoms with E-state index in [1.165, 1.54) is 0 Å². The molecule has 6 nitrogen and oxygen atoms in total. The second kappa shape index (κ2) is 5.81. The molecule has 2 aromatic heterocycles. The van der Waals surface area contributed by atoms with E-state index in [0.717, 1.165) is 49.1 Å². The van der Waals surface area contributed by atoms with E-state index in [1.807, 2.05) is 29.9 Å². The molecule has 3 rings (SSSR count). The maximum atomic E-state index is 11.2. The zero-order valence-electron chi connectivity index (χ0n) is 12.2. The molecule has 0 radical (unpaired) electrons. The van der Waals surface area contributed by atoms with Crippen LogP contribution in [0.1, 0.15) is 36.9 Å². The Balaban J connectivity index is 1.56. The lowest BCUT2D eigenvalue weighted by atomic mass is 9.85. The maximum Gasteiger partial charge on any atom is 0.220 e. The highest BCUT2D eigenvalue weighted by molar-refractivity contribution is 5.76. The molecule has 0 atom stereocenters. The molecular formula is C15H21N5O. The molecule has 2 aromatic rings. The molecule has 0 aromatic carbocycles. The average Bonchev–Trinajstić information content (AvgIpc) is 2.84. The van der Waals surface area contributed by atoms with Gasteiger partial charge in [0.2, 0.25) is 5.91 Å². The number of hydrogen-bond donors (Lipinski definition) is 2. The van der Waals surface area contributed by atoms with Gasteiger partial charge in [0.05, 0.1) is 5.69 Å². The number of nitrogens with two attached hydrogens (primary N) is 1. The van der Waals surface area contributed by atoms with Gasteiger partial charge in [0, 0.05) is 42.5 Å².